The van der Waals surface area contributed by atoms with E-state index in [4.69, 9.17) is 9.47 Å². The summed E-state index contributed by atoms with van der Waals surface area (Å²) < 4.78 is 11.0. The van der Waals surface area contributed by atoms with Crippen molar-refractivity contribution in [1.29, 1.82) is 0 Å². The normalized spacial score (nSPS) is 14.4. The van der Waals surface area contributed by atoms with Gasteiger partial charge in [0.05, 0.1) is 6.61 Å². The number of alkyl carbamates (subject to hydrolysis) is 1. The second-order valence-corrected chi connectivity index (χ2v) is 10.4. The molecule has 2 atom stereocenters. The monoisotopic (exact) mass is 559 g/mol. The summed E-state index contributed by atoms with van der Waals surface area (Å²) in [6.07, 6.45) is -0.628. The molecule has 4 rings (SSSR count). The van der Waals surface area contributed by atoms with Crippen LogP contribution < -0.4 is 10.6 Å². The predicted octanol–water partition coefficient (Wildman–Crippen LogP) is 4.02. The van der Waals surface area contributed by atoms with Gasteiger partial charge < -0.3 is 25.2 Å². The number of likely N-dealkylation sites (N-methyl/N-ethyl adjacent to an activating group) is 1. The van der Waals surface area contributed by atoms with Gasteiger partial charge in [-0.1, -0.05) is 85.8 Å². The SMILES string of the molecule is CCC(COC)(NC(=O)OCC1c2ccccc2-c2ccccc21)C(=O)NC(CN(C)Cc1ccccc1)C(=O)O. The largest absolute Gasteiger partial charge is 0.480 e. The molecular weight excluding hydrogens is 522 g/mol. The minimum atomic E-state index is -1.52. The van der Waals surface area contributed by atoms with Crippen LogP contribution in [0.4, 0.5) is 4.79 Å². The number of hydrogen-bond acceptors (Lipinski definition) is 6. The van der Waals surface area contributed by atoms with E-state index in [1.807, 2.05) is 71.6 Å². The van der Waals surface area contributed by atoms with Crippen molar-refractivity contribution >= 4 is 18.0 Å². The first-order valence-electron chi connectivity index (χ1n) is 13.7. The molecule has 0 heterocycles. The standard InChI is InChI=1S/C32H37N3O6/c1-4-32(21-40-3,30(38)33-28(29(36)37)19-35(2)18-22-12-6-5-7-13-22)34-31(39)41-20-27-25-16-10-8-14-23(25)24-15-9-11-17-26(24)27/h5-17,27-28H,4,18-21H2,1-3H3,(H,33,38)(H,34,39)(H,36,37). The molecule has 2 unspecified atom stereocenters. The number of carbonyl (C=O) groups is 3. The van der Waals surface area contributed by atoms with E-state index in [1.165, 1.54) is 7.11 Å². The van der Waals surface area contributed by atoms with Gasteiger partial charge in [-0.15, -0.1) is 0 Å². The lowest BCUT2D eigenvalue weighted by Crippen LogP contribution is -2.64. The molecule has 41 heavy (non-hydrogen) atoms. The van der Waals surface area contributed by atoms with Crippen LogP contribution in [0.15, 0.2) is 78.9 Å². The number of rotatable bonds is 13. The zero-order chi connectivity index (χ0) is 29.4. The molecule has 0 bridgehead atoms. The number of aliphatic carboxylic acids is 1. The lowest BCUT2D eigenvalue weighted by molar-refractivity contribution is -0.144. The second kappa shape index (κ2) is 13.4. The fourth-order valence-electron chi connectivity index (χ4n) is 5.34. The number of hydrogen-bond donors (Lipinski definition) is 3. The van der Waals surface area contributed by atoms with Crippen LogP contribution in [0.5, 0.6) is 0 Å². The molecule has 3 N–H and O–H groups in total. The molecule has 0 saturated carbocycles. The molecule has 3 aromatic rings. The first kappa shape index (κ1) is 29.8. The number of nitrogens with one attached hydrogen (secondary N) is 2. The highest BCUT2D eigenvalue weighted by Gasteiger charge is 2.41. The van der Waals surface area contributed by atoms with Crippen molar-refractivity contribution in [3.63, 3.8) is 0 Å². The van der Waals surface area contributed by atoms with Crippen LogP contribution in [0, 0.1) is 0 Å². The van der Waals surface area contributed by atoms with E-state index < -0.39 is 29.6 Å². The number of amides is 2. The third-order valence-electron chi connectivity index (χ3n) is 7.51. The number of carboxylic acid groups (broad SMARTS) is 1. The Morgan fingerprint density at radius 2 is 1.54 bits per heavy atom. The summed E-state index contributed by atoms with van der Waals surface area (Å²) in [5, 5.41) is 15.2. The van der Waals surface area contributed by atoms with Crippen LogP contribution in [-0.4, -0.2) is 73.5 Å². The quantitative estimate of drug-likeness (QED) is 0.290. The molecule has 2 amide bonds. The first-order valence-corrected chi connectivity index (χ1v) is 13.7. The van der Waals surface area contributed by atoms with Crippen LogP contribution >= 0.6 is 0 Å². The lowest BCUT2D eigenvalue weighted by atomic mass is 9.95. The van der Waals surface area contributed by atoms with Crippen molar-refractivity contribution in [3.05, 3.63) is 95.6 Å². The Kier molecular flexibility index (Phi) is 9.75. The van der Waals surface area contributed by atoms with Gasteiger partial charge in [-0.2, -0.15) is 0 Å². The van der Waals surface area contributed by atoms with Gasteiger partial charge in [-0.25, -0.2) is 9.59 Å². The van der Waals surface area contributed by atoms with Crippen molar-refractivity contribution in [2.24, 2.45) is 0 Å². The Morgan fingerprint density at radius 1 is 0.951 bits per heavy atom. The molecule has 0 aromatic heterocycles. The van der Waals surface area contributed by atoms with Crippen molar-refractivity contribution < 1.29 is 29.0 Å². The molecule has 9 heteroatoms. The van der Waals surface area contributed by atoms with Crippen molar-refractivity contribution in [1.82, 2.24) is 15.5 Å². The Hall–Kier alpha value is -4.21. The van der Waals surface area contributed by atoms with Gasteiger partial charge in [0.25, 0.3) is 0 Å². The maximum absolute atomic E-state index is 13.5. The highest BCUT2D eigenvalue weighted by Crippen LogP contribution is 2.44. The molecule has 216 valence electrons. The third-order valence-corrected chi connectivity index (χ3v) is 7.51. The van der Waals surface area contributed by atoms with Crippen molar-refractivity contribution in [2.75, 3.05) is 33.9 Å². The summed E-state index contributed by atoms with van der Waals surface area (Å²) in [7, 11) is 3.20. The van der Waals surface area contributed by atoms with E-state index in [2.05, 4.69) is 22.8 Å². The average molecular weight is 560 g/mol. The molecule has 9 nitrogen and oxygen atoms in total. The van der Waals surface area contributed by atoms with E-state index in [0.29, 0.717) is 6.54 Å². The first-order chi connectivity index (χ1) is 19.8. The fraction of sp³-hybridized carbons (Fsp3) is 0.344. The molecular formula is C32H37N3O6. The topological polar surface area (TPSA) is 117 Å². The summed E-state index contributed by atoms with van der Waals surface area (Å²) in [6, 6.07) is 24.5. The van der Waals surface area contributed by atoms with Crippen LogP contribution in [0.3, 0.4) is 0 Å². The highest BCUT2D eigenvalue weighted by molar-refractivity contribution is 5.93. The third kappa shape index (κ3) is 6.93. The summed E-state index contributed by atoms with van der Waals surface area (Å²) in [4.78, 5) is 40.5. The average Bonchev–Trinajstić information content (AvgIpc) is 3.29. The summed E-state index contributed by atoms with van der Waals surface area (Å²) in [5.74, 6) is -1.98. The maximum Gasteiger partial charge on any atom is 0.408 e. The molecule has 0 spiro atoms. The molecule has 3 aromatic carbocycles. The van der Waals surface area contributed by atoms with Gasteiger partial charge in [-0.05, 0) is 41.3 Å². The number of fused-ring (bicyclic) bond motifs is 3. The Morgan fingerprint density at radius 3 is 2.10 bits per heavy atom. The number of carbonyl (C=O) groups excluding carboxylic acids is 2. The number of carboxylic acids is 1. The van der Waals surface area contributed by atoms with Gasteiger partial charge in [0, 0.05) is 26.1 Å². The fourth-order valence-corrected chi connectivity index (χ4v) is 5.34. The van der Waals surface area contributed by atoms with Gasteiger partial charge in [0.15, 0.2) is 0 Å². The predicted molar refractivity (Wildman–Crippen MR) is 155 cm³/mol. The second-order valence-electron chi connectivity index (χ2n) is 10.4. The molecule has 0 radical (unpaired) electrons. The molecule has 1 aliphatic carbocycles. The Balaban J connectivity index is 1.42. The van der Waals surface area contributed by atoms with Crippen molar-refractivity contribution in [2.45, 2.75) is 37.4 Å². The van der Waals surface area contributed by atoms with Gasteiger partial charge in [0.2, 0.25) is 5.91 Å². The minimum Gasteiger partial charge on any atom is -0.480 e. The van der Waals surface area contributed by atoms with Crippen LogP contribution in [0.2, 0.25) is 0 Å². The summed E-state index contributed by atoms with van der Waals surface area (Å²) >= 11 is 0. The Labute approximate surface area is 240 Å². The minimum absolute atomic E-state index is 0.0632. The maximum atomic E-state index is 13.5. The molecule has 0 aliphatic heterocycles. The zero-order valence-corrected chi connectivity index (χ0v) is 23.6. The van der Waals surface area contributed by atoms with E-state index >= 15 is 0 Å². The highest BCUT2D eigenvalue weighted by atomic mass is 16.5. The number of nitrogens with zero attached hydrogens (tertiary/aromatic N) is 1. The van der Waals surface area contributed by atoms with Crippen LogP contribution in [0.1, 0.15) is 36.0 Å². The van der Waals surface area contributed by atoms with E-state index in [1.54, 1.807) is 14.0 Å². The number of benzene rings is 3. The molecule has 0 fully saturated rings. The summed E-state index contributed by atoms with van der Waals surface area (Å²) in [6.45, 7) is 2.21. The number of ether oxygens (including phenoxy) is 2. The smallest absolute Gasteiger partial charge is 0.408 e. The Bertz CT molecular complexity index is 1320. The van der Waals surface area contributed by atoms with Crippen LogP contribution in [-0.2, 0) is 25.6 Å². The summed E-state index contributed by atoms with van der Waals surface area (Å²) in [5.41, 5.74) is 3.85. The van der Waals surface area contributed by atoms with Gasteiger partial charge >= 0.3 is 12.1 Å². The van der Waals surface area contributed by atoms with Gasteiger partial charge in [0.1, 0.15) is 18.2 Å². The number of methoxy groups -OCH3 is 1. The zero-order valence-electron chi connectivity index (χ0n) is 23.6. The van der Waals surface area contributed by atoms with Crippen LogP contribution in [0.25, 0.3) is 11.1 Å². The molecule has 0 saturated heterocycles. The van der Waals surface area contributed by atoms with Crippen molar-refractivity contribution in [3.8, 4) is 11.1 Å². The lowest BCUT2D eigenvalue weighted by Gasteiger charge is -2.33. The van der Waals surface area contributed by atoms with E-state index in [0.717, 1.165) is 27.8 Å². The van der Waals surface area contributed by atoms with E-state index in [-0.39, 0.29) is 32.1 Å². The molecule has 1 aliphatic rings. The van der Waals surface area contributed by atoms with E-state index in [9.17, 15) is 19.5 Å². The van der Waals surface area contributed by atoms with Gasteiger partial charge in [-0.3, -0.25) is 9.69 Å².